The van der Waals surface area contributed by atoms with E-state index in [1.54, 1.807) is 24.3 Å². The van der Waals surface area contributed by atoms with E-state index in [1.165, 1.54) is 4.31 Å². The fourth-order valence-corrected chi connectivity index (χ4v) is 4.79. The van der Waals surface area contributed by atoms with E-state index in [1.807, 2.05) is 0 Å². The third-order valence-electron chi connectivity index (χ3n) is 4.50. The highest BCUT2D eigenvalue weighted by molar-refractivity contribution is 7.93. The van der Waals surface area contributed by atoms with Crippen molar-refractivity contribution in [3.8, 4) is 0 Å². The van der Waals surface area contributed by atoms with Crippen LogP contribution in [-0.2, 0) is 10.0 Å². The first-order valence-corrected chi connectivity index (χ1v) is 10.5. The number of nitrogens with zero attached hydrogens (tertiary/aromatic N) is 2. The molecule has 7 heteroatoms. The molecule has 1 saturated heterocycles. The zero-order chi connectivity index (χ0) is 18.6. The Hall–Kier alpha value is -1.60. The summed E-state index contributed by atoms with van der Waals surface area (Å²) in [5.74, 6) is 0.0561. The minimum Gasteiger partial charge on any atom is -0.351 e. The van der Waals surface area contributed by atoms with E-state index in [2.05, 4.69) is 37.9 Å². The smallest absolute Gasteiger partial charge is 0.251 e. The van der Waals surface area contributed by atoms with Crippen LogP contribution < -0.4 is 9.62 Å². The molecule has 0 aromatic heterocycles. The molecule has 1 heterocycles. The van der Waals surface area contributed by atoms with Crippen LogP contribution in [0, 0.1) is 0 Å². The molecule has 1 aromatic rings. The first-order chi connectivity index (χ1) is 11.7. The van der Waals surface area contributed by atoms with Gasteiger partial charge in [0, 0.05) is 37.3 Å². The van der Waals surface area contributed by atoms with Crippen molar-refractivity contribution in [1.29, 1.82) is 0 Å². The number of carbonyl (C=O) groups excluding carboxylic acids is 1. The van der Waals surface area contributed by atoms with Crippen molar-refractivity contribution in [2.75, 3.05) is 29.7 Å². The second kappa shape index (κ2) is 8.19. The zero-order valence-corrected chi connectivity index (χ0v) is 16.3. The van der Waals surface area contributed by atoms with E-state index in [9.17, 15) is 13.2 Å². The molecule has 0 saturated carbocycles. The molecule has 140 valence electrons. The van der Waals surface area contributed by atoms with Gasteiger partial charge in [-0.25, -0.2) is 8.42 Å². The molecule has 1 aliphatic rings. The van der Waals surface area contributed by atoms with Gasteiger partial charge < -0.3 is 5.32 Å². The summed E-state index contributed by atoms with van der Waals surface area (Å²) in [5.41, 5.74) is 1.17. The number of hydrogen-bond acceptors (Lipinski definition) is 4. The first-order valence-electron chi connectivity index (χ1n) is 8.87. The van der Waals surface area contributed by atoms with Gasteiger partial charge in [0.1, 0.15) is 0 Å². The Bertz CT molecular complexity index is 676. The van der Waals surface area contributed by atoms with Crippen molar-refractivity contribution in [3.05, 3.63) is 29.8 Å². The number of carbonyl (C=O) groups is 1. The Morgan fingerprint density at radius 3 is 2.24 bits per heavy atom. The first kappa shape index (κ1) is 19.7. The number of nitrogens with one attached hydrogen (secondary N) is 1. The largest absolute Gasteiger partial charge is 0.351 e. The number of anilines is 1. The molecule has 1 amide bonds. The highest BCUT2D eigenvalue weighted by atomic mass is 32.2. The molecule has 1 aliphatic heterocycles. The topological polar surface area (TPSA) is 69.7 Å². The third-order valence-corrected chi connectivity index (χ3v) is 6.37. The second-order valence-electron chi connectivity index (χ2n) is 6.97. The van der Waals surface area contributed by atoms with Gasteiger partial charge in [-0.05, 0) is 58.4 Å². The average molecular weight is 368 g/mol. The van der Waals surface area contributed by atoms with E-state index >= 15 is 0 Å². The van der Waals surface area contributed by atoms with Gasteiger partial charge in [0.2, 0.25) is 10.0 Å². The van der Waals surface area contributed by atoms with Crippen LogP contribution in [0.4, 0.5) is 5.69 Å². The summed E-state index contributed by atoms with van der Waals surface area (Å²) in [5, 5.41) is 2.93. The van der Waals surface area contributed by atoms with Gasteiger partial charge >= 0.3 is 0 Å². The molecule has 0 atom stereocenters. The lowest BCUT2D eigenvalue weighted by atomic mass is 10.2. The minimum absolute atomic E-state index is 0.136. The van der Waals surface area contributed by atoms with Crippen molar-refractivity contribution in [2.45, 2.75) is 46.2 Å². The molecule has 0 unspecified atom stereocenters. The zero-order valence-electron chi connectivity index (χ0n) is 15.5. The van der Waals surface area contributed by atoms with Crippen LogP contribution in [0.1, 0.15) is 44.5 Å². The summed E-state index contributed by atoms with van der Waals surface area (Å²) < 4.78 is 25.3. The molecule has 0 spiro atoms. The predicted octanol–water partition coefficient (Wildman–Crippen LogP) is 2.08. The van der Waals surface area contributed by atoms with Gasteiger partial charge in [-0.1, -0.05) is 0 Å². The van der Waals surface area contributed by atoms with Crippen molar-refractivity contribution < 1.29 is 13.2 Å². The van der Waals surface area contributed by atoms with Crippen LogP contribution >= 0.6 is 0 Å². The Balaban J connectivity index is 1.92. The molecule has 0 bridgehead atoms. The molecule has 1 fully saturated rings. The normalized spacial score (nSPS) is 16.8. The number of hydrogen-bond donors (Lipinski definition) is 1. The maximum absolute atomic E-state index is 12.3. The predicted molar refractivity (Wildman–Crippen MR) is 102 cm³/mol. The van der Waals surface area contributed by atoms with Gasteiger partial charge in [-0.15, -0.1) is 0 Å². The maximum atomic E-state index is 12.3. The highest BCUT2D eigenvalue weighted by Gasteiger charge is 2.28. The Morgan fingerprint density at radius 2 is 1.76 bits per heavy atom. The van der Waals surface area contributed by atoms with Crippen LogP contribution in [-0.4, -0.2) is 56.7 Å². The quantitative estimate of drug-likeness (QED) is 0.801. The number of sulfonamides is 1. The van der Waals surface area contributed by atoms with Crippen LogP contribution in [0.25, 0.3) is 0 Å². The van der Waals surface area contributed by atoms with Gasteiger partial charge in [0.25, 0.3) is 5.91 Å². The maximum Gasteiger partial charge on any atom is 0.251 e. The molecule has 6 nitrogen and oxygen atoms in total. The number of amides is 1. The van der Waals surface area contributed by atoms with Gasteiger partial charge in [0.15, 0.2) is 0 Å². The summed E-state index contributed by atoms with van der Waals surface area (Å²) in [6.07, 6.45) is 0.646. The van der Waals surface area contributed by atoms with E-state index < -0.39 is 10.0 Å². The standard InChI is InChI=1S/C18H29N3O3S/c1-14(2)20(15(3)4)12-10-19-18(22)16-6-8-17(9-7-16)21-11-5-13-25(21,23)24/h6-9,14-15H,5,10-13H2,1-4H3,(H,19,22). The number of benzene rings is 1. The van der Waals surface area contributed by atoms with Crippen LogP contribution in [0.3, 0.4) is 0 Å². The number of rotatable bonds is 7. The van der Waals surface area contributed by atoms with Gasteiger partial charge in [-0.2, -0.15) is 0 Å². The van der Waals surface area contributed by atoms with Gasteiger partial charge in [-0.3, -0.25) is 14.0 Å². The van der Waals surface area contributed by atoms with E-state index in [4.69, 9.17) is 0 Å². The SMILES string of the molecule is CC(C)N(CCNC(=O)c1ccc(N2CCCS2(=O)=O)cc1)C(C)C. The van der Waals surface area contributed by atoms with Crippen LogP contribution in [0.5, 0.6) is 0 Å². The van der Waals surface area contributed by atoms with Crippen molar-refractivity contribution >= 4 is 21.6 Å². The van der Waals surface area contributed by atoms with E-state index in [0.717, 1.165) is 6.54 Å². The summed E-state index contributed by atoms with van der Waals surface area (Å²) in [4.78, 5) is 14.6. The summed E-state index contributed by atoms with van der Waals surface area (Å²) in [6.45, 7) is 10.5. The van der Waals surface area contributed by atoms with Crippen molar-refractivity contribution in [3.63, 3.8) is 0 Å². The third kappa shape index (κ3) is 4.95. The molecule has 0 radical (unpaired) electrons. The molecule has 1 aromatic carbocycles. The fraction of sp³-hybridized carbons (Fsp3) is 0.611. The molecular formula is C18H29N3O3S. The lowest BCUT2D eigenvalue weighted by Gasteiger charge is -2.30. The Morgan fingerprint density at radius 1 is 1.16 bits per heavy atom. The van der Waals surface area contributed by atoms with Gasteiger partial charge in [0.05, 0.1) is 11.4 Å². The fourth-order valence-electron chi connectivity index (χ4n) is 3.22. The highest BCUT2D eigenvalue weighted by Crippen LogP contribution is 2.24. The molecule has 1 N–H and O–H groups in total. The Labute approximate surface area is 151 Å². The molecule has 25 heavy (non-hydrogen) atoms. The lowest BCUT2D eigenvalue weighted by Crippen LogP contribution is -2.42. The summed E-state index contributed by atoms with van der Waals surface area (Å²) in [6, 6.07) is 7.62. The molecule has 0 aliphatic carbocycles. The monoisotopic (exact) mass is 367 g/mol. The average Bonchev–Trinajstić information content (AvgIpc) is 2.90. The second-order valence-corrected chi connectivity index (χ2v) is 8.98. The summed E-state index contributed by atoms with van der Waals surface area (Å²) >= 11 is 0. The van der Waals surface area contributed by atoms with Crippen LogP contribution in [0.15, 0.2) is 24.3 Å². The van der Waals surface area contributed by atoms with Crippen molar-refractivity contribution in [2.24, 2.45) is 0 Å². The minimum atomic E-state index is -3.19. The van der Waals surface area contributed by atoms with Crippen LogP contribution in [0.2, 0.25) is 0 Å². The summed E-state index contributed by atoms with van der Waals surface area (Å²) in [7, 11) is -3.19. The van der Waals surface area contributed by atoms with Crippen molar-refractivity contribution in [1.82, 2.24) is 10.2 Å². The Kier molecular flexibility index (Phi) is 6.46. The van der Waals surface area contributed by atoms with E-state index in [-0.39, 0.29) is 11.7 Å². The lowest BCUT2D eigenvalue weighted by molar-refractivity contribution is 0.0939. The molecular weight excluding hydrogens is 338 g/mol. The van der Waals surface area contributed by atoms with E-state index in [0.29, 0.717) is 42.8 Å². The molecule has 2 rings (SSSR count).